The van der Waals surface area contributed by atoms with Gasteiger partial charge in [0.25, 0.3) is 0 Å². The van der Waals surface area contributed by atoms with Crippen LogP contribution in [0.15, 0.2) is 36.4 Å². The standard InChI is InChI=1S/C15H14ClFO3/c1-19-13-6-4-9(7-11(13)16)15(18)10-3-5-12(17)14(8-10)20-2/h3-8,15,18H,1-2H3. The number of hydrogen-bond acceptors (Lipinski definition) is 3. The van der Waals surface area contributed by atoms with E-state index in [0.29, 0.717) is 21.9 Å². The first kappa shape index (κ1) is 14.6. The summed E-state index contributed by atoms with van der Waals surface area (Å²) in [7, 11) is 2.89. The van der Waals surface area contributed by atoms with Crippen LogP contribution in [0.3, 0.4) is 0 Å². The lowest BCUT2D eigenvalue weighted by atomic mass is 10.0. The average Bonchev–Trinajstić information content (AvgIpc) is 2.47. The Balaban J connectivity index is 2.35. The molecule has 0 radical (unpaired) electrons. The normalized spacial score (nSPS) is 12.1. The van der Waals surface area contributed by atoms with Crippen LogP contribution in [0.4, 0.5) is 4.39 Å². The van der Waals surface area contributed by atoms with E-state index in [4.69, 9.17) is 21.1 Å². The number of halogens is 2. The average molecular weight is 297 g/mol. The van der Waals surface area contributed by atoms with Crippen LogP contribution in [0.1, 0.15) is 17.2 Å². The van der Waals surface area contributed by atoms with Gasteiger partial charge in [-0.15, -0.1) is 0 Å². The first-order chi connectivity index (χ1) is 9.56. The Bertz CT molecular complexity index is 616. The SMILES string of the molecule is COc1cc(C(O)c2ccc(OC)c(Cl)c2)ccc1F. The third-order valence-electron chi connectivity index (χ3n) is 2.98. The highest BCUT2D eigenvalue weighted by atomic mass is 35.5. The highest BCUT2D eigenvalue weighted by molar-refractivity contribution is 6.32. The predicted molar refractivity (Wildman–Crippen MR) is 75.0 cm³/mol. The van der Waals surface area contributed by atoms with Crippen molar-refractivity contribution in [3.8, 4) is 11.5 Å². The van der Waals surface area contributed by atoms with Crippen LogP contribution in [0.5, 0.6) is 11.5 Å². The minimum absolute atomic E-state index is 0.0844. The molecule has 2 rings (SSSR count). The van der Waals surface area contributed by atoms with Crippen LogP contribution in [-0.4, -0.2) is 19.3 Å². The first-order valence-electron chi connectivity index (χ1n) is 5.91. The van der Waals surface area contributed by atoms with Crippen LogP contribution < -0.4 is 9.47 Å². The fraction of sp³-hybridized carbons (Fsp3) is 0.200. The summed E-state index contributed by atoms with van der Waals surface area (Å²) in [5.41, 5.74) is 1.11. The number of aliphatic hydroxyl groups is 1. The van der Waals surface area contributed by atoms with E-state index < -0.39 is 11.9 Å². The van der Waals surface area contributed by atoms with E-state index in [9.17, 15) is 9.50 Å². The van der Waals surface area contributed by atoms with Gasteiger partial charge in [-0.2, -0.15) is 0 Å². The lowest BCUT2D eigenvalue weighted by Gasteiger charge is -2.14. The Kier molecular flexibility index (Phi) is 4.47. The second kappa shape index (κ2) is 6.11. The molecule has 2 aromatic carbocycles. The molecule has 0 amide bonds. The Labute approximate surface area is 121 Å². The first-order valence-corrected chi connectivity index (χ1v) is 6.29. The topological polar surface area (TPSA) is 38.7 Å². The third-order valence-corrected chi connectivity index (χ3v) is 3.28. The Morgan fingerprint density at radius 2 is 1.60 bits per heavy atom. The van der Waals surface area contributed by atoms with E-state index in [1.807, 2.05) is 0 Å². The van der Waals surface area contributed by atoms with Gasteiger partial charge in [0.1, 0.15) is 11.9 Å². The zero-order valence-electron chi connectivity index (χ0n) is 11.1. The van der Waals surface area contributed by atoms with Gasteiger partial charge in [0, 0.05) is 0 Å². The summed E-state index contributed by atoms with van der Waals surface area (Å²) in [4.78, 5) is 0. The molecule has 2 aromatic rings. The van der Waals surface area contributed by atoms with Gasteiger partial charge < -0.3 is 14.6 Å². The van der Waals surface area contributed by atoms with Crippen LogP contribution in [0.25, 0.3) is 0 Å². The molecule has 1 atom stereocenters. The van der Waals surface area contributed by atoms with E-state index in [1.165, 1.54) is 32.4 Å². The molecule has 3 nitrogen and oxygen atoms in total. The highest BCUT2D eigenvalue weighted by Crippen LogP contribution is 2.31. The van der Waals surface area contributed by atoms with Gasteiger partial charge in [-0.25, -0.2) is 4.39 Å². The molecular weight excluding hydrogens is 283 g/mol. The smallest absolute Gasteiger partial charge is 0.165 e. The maximum Gasteiger partial charge on any atom is 0.165 e. The molecule has 0 aliphatic carbocycles. The molecule has 0 saturated carbocycles. The molecule has 1 N–H and O–H groups in total. The zero-order chi connectivity index (χ0) is 14.7. The van der Waals surface area contributed by atoms with Crippen molar-refractivity contribution in [1.82, 2.24) is 0 Å². The van der Waals surface area contributed by atoms with E-state index in [1.54, 1.807) is 18.2 Å². The van der Waals surface area contributed by atoms with Gasteiger partial charge in [-0.1, -0.05) is 23.7 Å². The summed E-state index contributed by atoms with van der Waals surface area (Å²) < 4.78 is 23.3. The molecule has 0 aromatic heterocycles. The fourth-order valence-electron chi connectivity index (χ4n) is 1.89. The Morgan fingerprint density at radius 1 is 1.00 bits per heavy atom. The molecule has 0 bridgehead atoms. The molecule has 0 aliphatic rings. The van der Waals surface area contributed by atoms with Crippen LogP contribution >= 0.6 is 11.6 Å². The van der Waals surface area contributed by atoms with Crippen molar-refractivity contribution in [3.05, 3.63) is 58.4 Å². The molecule has 106 valence electrons. The molecule has 0 fully saturated rings. The summed E-state index contributed by atoms with van der Waals surface area (Å²) >= 11 is 6.02. The third kappa shape index (κ3) is 2.86. The summed E-state index contributed by atoms with van der Waals surface area (Å²) in [5.74, 6) is 0.136. The molecule has 0 spiro atoms. The molecule has 0 saturated heterocycles. The van der Waals surface area contributed by atoms with E-state index in [-0.39, 0.29) is 5.75 Å². The lowest BCUT2D eigenvalue weighted by molar-refractivity contribution is 0.219. The lowest BCUT2D eigenvalue weighted by Crippen LogP contribution is -2.01. The minimum atomic E-state index is -0.923. The molecule has 20 heavy (non-hydrogen) atoms. The van der Waals surface area contributed by atoms with Crippen molar-refractivity contribution in [2.75, 3.05) is 14.2 Å². The maximum atomic E-state index is 13.4. The predicted octanol–water partition coefficient (Wildman–Crippen LogP) is 3.58. The maximum absolute atomic E-state index is 13.4. The molecule has 0 heterocycles. The molecule has 1 unspecified atom stereocenters. The molecule has 5 heteroatoms. The van der Waals surface area contributed by atoms with Crippen molar-refractivity contribution >= 4 is 11.6 Å². The monoisotopic (exact) mass is 296 g/mol. The number of ether oxygens (including phenoxy) is 2. The second-order valence-corrected chi connectivity index (χ2v) is 4.60. The van der Waals surface area contributed by atoms with Gasteiger partial charge in [0.15, 0.2) is 11.6 Å². The van der Waals surface area contributed by atoms with Gasteiger partial charge in [0.2, 0.25) is 0 Å². The quantitative estimate of drug-likeness (QED) is 0.937. The van der Waals surface area contributed by atoms with Crippen molar-refractivity contribution in [2.24, 2.45) is 0 Å². The number of methoxy groups -OCH3 is 2. The number of aliphatic hydroxyl groups excluding tert-OH is 1. The van der Waals surface area contributed by atoms with Crippen LogP contribution in [0.2, 0.25) is 5.02 Å². The number of hydrogen-bond donors (Lipinski definition) is 1. The minimum Gasteiger partial charge on any atom is -0.495 e. The van der Waals surface area contributed by atoms with Crippen molar-refractivity contribution in [2.45, 2.75) is 6.10 Å². The van der Waals surface area contributed by atoms with Crippen LogP contribution in [-0.2, 0) is 0 Å². The molecular formula is C15H14ClFO3. The van der Waals surface area contributed by atoms with E-state index in [0.717, 1.165) is 0 Å². The largest absolute Gasteiger partial charge is 0.495 e. The highest BCUT2D eigenvalue weighted by Gasteiger charge is 2.15. The van der Waals surface area contributed by atoms with Gasteiger partial charge in [-0.3, -0.25) is 0 Å². The summed E-state index contributed by atoms with van der Waals surface area (Å²) in [6, 6.07) is 9.19. The summed E-state index contributed by atoms with van der Waals surface area (Å²) in [5, 5.41) is 10.7. The Morgan fingerprint density at radius 3 is 2.20 bits per heavy atom. The van der Waals surface area contributed by atoms with Crippen molar-refractivity contribution in [1.29, 1.82) is 0 Å². The van der Waals surface area contributed by atoms with Crippen molar-refractivity contribution < 1.29 is 19.0 Å². The fourth-order valence-corrected chi connectivity index (χ4v) is 2.16. The van der Waals surface area contributed by atoms with Gasteiger partial charge in [-0.05, 0) is 35.4 Å². The summed E-state index contributed by atoms with van der Waals surface area (Å²) in [6.45, 7) is 0. The van der Waals surface area contributed by atoms with E-state index in [2.05, 4.69) is 0 Å². The Hall–Kier alpha value is -1.78. The van der Waals surface area contributed by atoms with E-state index >= 15 is 0 Å². The van der Waals surface area contributed by atoms with Gasteiger partial charge in [0.05, 0.1) is 19.2 Å². The summed E-state index contributed by atoms with van der Waals surface area (Å²) in [6.07, 6.45) is -0.923. The molecule has 0 aliphatic heterocycles. The number of benzene rings is 2. The zero-order valence-corrected chi connectivity index (χ0v) is 11.8. The number of rotatable bonds is 4. The van der Waals surface area contributed by atoms with Crippen LogP contribution in [0, 0.1) is 5.82 Å². The second-order valence-electron chi connectivity index (χ2n) is 4.19. The van der Waals surface area contributed by atoms with Crippen molar-refractivity contribution in [3.63, 3.8) is 0 Å². The van der Waals surface area contributed by atoms with Gasteiger partial charge >= 0.3 is 0 Å².